The summed E-state index contributed by atoms with van der Waals surface area (Å²) >= 11 is 1.60. The quantitative estimate of drug-likeness (QED) is 0.735. The lowest BCUT2D eigenvalue weighted by atomic mass is 10.3. The van der Waals surface area contributed by atoms with Gasteiger partial charge in [0.25, 0.3) is 0 Å². The molecule has 22 heavy (non-hydrogen) atoms. The molecule has 0 bridgehead atoms. The largest absolute Gasteiger partial charge is 0.348 e. The van der Waals surface area contributed by atoms with Crippen LogP contribution in [0.4, 0.5) is 0 Å². The Bertz CT molecular complexity index is 760. The number of amides is 1. The minimum Gasteiger partial charge on any atom is -0.348 e. The number of thiophene rings is 1. The zero-order valence-corrected chi connectivity index (χ0v) is 12.7. The van der Waals surface area contributed by atoms with Crippen LogP contribution >= 0.6 is 11.3 Å². The Morgan fingerprint density at radius 3 is 2.86 bits per heavy atom. The van der Waals surface area contributed by atoms with E-state index in [1.807, 2.05) is 60.1 Å². The molecule has 2 aromatic heterocycles. The highest BCUT2D eigenvalue weighted by Crippen LogP contribution is 2.10. The molecule has 0 radical (unpaired) electrons. The van der Waals surface area contributed by atoms with E-state index in [1.165, 1.54) is 0 Å². The normalized spacial score (nSPS) is 10.9. The number of benzene rings is 1. The zero-order chi connectivity index (χ0) is 15.2. The van der Waals surface area contributed by atoms with E-state index in [0.29, 0.717) is 6.54 Å². The standard InChI is InChI=1S/C17H15N3OS/c21-17(9-8-16-7-4-10-22-16)18-11-14-12-19-20(13-14)15-5-2-1-3-6-15/h1-10,12-13H,11H2,(H,18,21)/b9-8+. The van der Waals surface area contributed by atoms with Gasteiger partial charge in [-0.2, -0.15) is 5.10 Å². The molecule has 0 aliphatic rings. The van der Waals surface area contributed by atoms with E-state index in [1.54, 1.807) is 28.3 Å². The van der Waals surface area contributed by atoms with Crippen LogP contribution in [0.1, 0.15) is 10.4 Å². The first-order valence-electron chi connectivity index (χ1n) is 6.90. The van der Waals surface area contributed by atoms with Crippen LogP contribution in [0.3, 0.4) is 0 Å². The molecule has 0 aliphatic carbocycles. The summed E-state index contributed by atoms with van der Waals surface area (Å²) in [6.07, 6.45) is 7.04. The number of aromatic nitrogens is 2. The Balaban J connectivity index is 1.56. The molecule has 0 atom stereocenters. The molecule has 0 fully saturated rings. The second-order valence-corrected chi connectivity index (χ2v) is 5.67. The molecule has 1 amide bonds. The molecular weight excluding hydrogens is 294 g/mol. The highest BCUT2D eigenvalue weighted by molar-refractivity contribution is 7.10. The van der Waals surface area contributed by atoms with Gasteiger partial charge in [0.1, 0.15) is 0 Å². The van der Waals surface area contributed by atoms with Gasteiger partial charge >= 0.3 is 0 Å². The summed E-state index contributed by atoms with van der Waals surface area (Å²) in [5.74, 6) is -0.110. The summed E-state index contributed by atoms with van der Waals surface area (Å²) in [5.41, 5.74) is 1.96. The fourth-order valence-electron chi connectivity index (χ4n) is 1.97. The van der Waals surface area contributed by atoms with Crippen LogP contribution in [-0.2, 0) is 11.3 Å². The van der Waals surface area contributed by atoms with Gasteiger partial charge in [0.05, 0.1) is 11.9 Å². The van der Waals surface area contributed by atoms with Crippen LogP contribution in [0.25, 0.3) is 11.8 Å². The number of para-hydroxylation sites is 1. The van der Waals surface area contributed by atoms with Crippen LogP contribution in [0.15, 0.2) is 66.3 Å². The summed E-state index contributed by atoms with van der Waals surface area (Å²) < 4.78 is 1.79. The number of nitrogens with zero attached hydrogens (tertiary/aromatic N) is 2. The van der Waals surface area contributed by atoms with Crippen LogP contribution in [0, 0.1) is 0 Å². The van der Waals surface area contributed by atoms with E-state index >= 15 is 0 Å². The Morgan fingerprint density at radius 1 is 1.23 bits per heavy atom. The second kappa shape index (κ2) is 6.87. The highest BCUT2D eigenvalue weighted by atomic mass is 32.1. The molecule has 4 nitrogen and oxygen atoms in total. The van der Waals surface area contributed by atoms with Gasteiger partial charge in [0.15, 0.2) is 0 Å². The fraction of sp³-hybridized carbons (Fsp3) is 0.0588. The van der Waals surface area contributed by atoms with Gasteiger partial charge in [-0.3, -0.25) is 4.79 Å². The number of rotatable bonds is 5. The molecule has 0 saturated heterocycles. The predicted octanol–water partition coefficient (Wildman–Crippen LogP) is 3.26. The Kier molecular flexibility index (Phi) is 4.46. The average Bonchev–Trinajstić information content (AvgIpc) is 3.23. The number of hydrogen-bond donors (Lipinski definition) is 1. The SMILES string of the molecule is O=C(/C=C/c1cccs1)NCc1cnn(-c2ccccc2)c1. The van der Waals surface area contributed by atoms with Crippen LogP contribution in [-0.4, -0.2) is 15.7 Å². The molecule has 3 rings (SSSR count). The van der Waals surface area contributed by atoms with Crippen LogP contribution in [0.2, 0.25) is 0 Å². The summed E-state index contributed by atoms with van der Waals surface area (Å²) in [6, 6.07) is 13.8. The maximum Gasteiger partial charge on any atom is 0.244 e. The first kappa shape index (κ1) is 14.3. The van der Waals surface area contributed by atoms with Crippen molar-refractivity contribution in [3.05, 3.63) is 76.8 Å². The van der Waals surface area contributed by atoms with Gasteiger partial charge in [-0.25, -0.2) is 4.68 Å². The Hall–Kier alpha value is -2.66. The van der Waals surface area contributed by atoms with Gasteiger partial charge in [0, 0.05) is 29.3 Å². The van der Waals surface area contributed by atoms with E-state index in [-0.39, 0.29) is 5.91 Å². The maximum atomic E-state index is 11.8. The van der Waals surface area contributed by atoms with Crippen molar-refractivity contribution in [3.63, 3.8) is 0 Å². The summed E-state index contributed by atoms with van der Waals surface area (Å²) in [5, 5.41) is 9.13. The fourth-order valence-corrected chi connectivity index (χ4v) is 2.58. The molecule has 0 saturated carbocycles. The Labute approximate surface area is 132 Å². The van der Waals surface area contributed by atoms with Gasteiger partial charge in [-0.1, -0.05) is 24.3 Å². The van der Waals surface area contributed by atoms with Crippen molar-refractivity contribution in [1.82, 2.24) is 15.1 Å². The molecule has 5 heteroatoms. The molecule has 1 aromatic carbocycles. The predicted molar refractivity (Wildman–Crippen MR) is 88.8 cm³/mol. The second-order valence-electron chi connectivity index (χ2n) is 4.70. The molecule has 1 N–H and O–H groups in total. The third kappa shape index (κ3) is 3.71. The van der Waals surface area contributed by atoms with Crippen molar-refractivity contribution in [3.8, 4) is 5.69 Å². The molecule has 0 spiro atoms. The molecule has 3 aromatic rings. The van der Waals surface area contributed by atoms with Gasteiger partial charge < -0.3 is 5.32 Å². The molecule has 2 heterocycles. The molecule has 0 unspecified atom stereocenters. The molecular formula is C17H15N3OS. The number of carbonyl (C=O) groups excluding carboxylic acids is 1. The van der Waals surface area contributed by atoms with Gasteiger partial charge in [0.2, 0.25) is 5.91 Å². The Morgan fingerprint density at radius 2 is 2.09 bits per heavy atom. The topological polar surface area (TPSA) is 46.9 Å². The van der Waals surface area contributed by atoms with Crippen molar-refractivity contribution < 1.29 is 4.79 Å². The average molecular weight is 309 g/mol. The zero-order valence-electron chi connectivity index (χ0n) is 11.8. The maximum absolute atomic E-state index is 11.8. The lowest BCUT2D eigenvalue weighted by molar-refractivity contribution is -0.116. The number of hydrogen-bond acceptors (Lipinski definition) is 3. The first-order valence-corrected chi connectivity index (χ1v) is 7.77. The summed E-state index contributed by atoms with van der Waals surface area (Å²) in [4.78, 5) is 12.8. The van der Waals surface area contributed by atoms with Crippen molar-refractivity contribution in [2.75, 3.05) is 0 Å². The smallest absolute Gasteiger partial charge is 0.244 e. The van der Waals surface area contributed by atoms with E-state index in [9.17, 15) is 4.79 Å². The molecule has 110 valence electrons. The highest BCUT2D eigenvalue weighted by Gasteiger charge is 2.02. The van der Waals surface area contributed by atoms with Crippen molar-refractivity contribution >= 4 is 23.3 Å². The minimum atomic E-state index is -0.110. The first-order chi connectivity index (χ1) is 10.8. The third-order valence-corrected chi connectivity index (χ3v) is 3.90. The minimum absolute atomic E-state index is 0.110. The molecule has 0 aliphatic heterocycles. The van der Waals surface area contributed by atoms with Gasteiger partial charge in [-0.05, 0) is 29.7 Å². The van der Waals surface area contributed by atoms with E-state index in [4.69, 9.17) is 0 Å². The number of carbonyl (C=O) groups is 1. The third-order valence-electron chi connectivity index (χ3n) is 3.07. The van der Waals surface area contributed by atoms with Gasteiger partial charge in [-0.15, -0.1) is 11.3 Å². The summed E-state index contributed by atoms with van der Waals surface area (Å²) in [6.45, 7) is 0.459. The monoisotopic (exact) mass is 309 g/mol. The van der Waals surface area contributed by atoms with E-state index in [0.717, 1.165) is 16.1 Å². The van der Waals surface area contributed by atoms with Crippen molar-refractivity contribution in [2.24, 2.45) is 0 Å². The van der Waals surface area contributed by atoms with E-state index < -0.39 is 0 Å². The lowest BCUT2D eigenvalue weighted by Crippen LogP contribution is -2.19. The van der Waals surface area contributed by atoms with Crippen LogP contribution in [0.5, 0.6) is 0 Å². The van der Waals surface area contributed by atoms with Crippen molar-refractivity contribution in [2.45, 2.75) is 6.54 Å². The van der Waals surface area contributed by atoms with E-state index in [2.05, 4.69) is 10.4 Å². The van der Waals surface area contributed by atoms with Crippen molar-refractivity contribution in [1.29, 1.82) is 0 Å². The van der Waals surface area contributed by atoms with Crippen LogP contribution < -0.4 is 5.32 Å². The number of nitrogens with one attached hydrogen (secondary N) is 1. The summed E-state index contributed by atoms with van der Waals surface area (Å²) in [7, 11) is 0. The lowest BCUT2D eigenvalue weighted by Gasteiger charge is -2.00.